The highest BCUT2D eigenvalue weighted by atomic mass is 35.5. The van der Waals surface area contributed by atoms with E-state index in [4.69, 9.17) is 11.6 Å². The molecule has 0 spiro atoms. The van der Waals surface area contributed by atoms with Crippen LogP contribution in [0.25, 0.3) is 0 Å². The van der Waals surface area contributed by atoms with Crippen molar-refractivity contribution in [1.82, 2.24) is 14.1 Å². The molecule has 2 aliphatic rings. The molecule has 0 radical (unpaired) electrons. The molecular formula is C21H32ClN3O3S. The predicted octanol–water partition coefficient (Wildman–Crippen LogP) is 2.99. The molecule has 2 heterocycles. The minimum absolute atomic E-state index is 0.00672. The number of piperazine rings is 1. The van der Waals surface area contributed by atoms with Gasteiger partial charge in [-0.15, -0.1) is 0 Å². The van der Waals surface area contributed by atoms with Gasteiger partial charge in [-0.05, 0) is 43.5 Å². The van der Waals surface area contributed by atoms with Gasteiger partial charge in [-0.25, -0.2) is 8.42 Å². The predicted molar refractivity (Wildman–Crippen MR) is 116 cm³/mol. The van der Waals surface area contributed by atoms with Crippen LogP contribution < -0.4 is 0 Å². The quantitative estimate of drug-likeness (QED) is 0.704. The number of aryl methyl sites for hydroxylation is 1. The van der Waals surface area contributed by atoms with Crippen molar-refractivity contribution in [2.45, 2.75) is 51.0 Å². The summed E-state index contributed by atoms with van der Waals surface area (Å²) in [5.74, 6) is 0.215. The highest BCUT2D eigenvalue weighted by Crippen LogP contribution is 2.34. The van der Waals surface area contributed by atoms with E-state index >= 15 is 0 Å². The van der Waals surface area contributed by atoms with E-state index in [2.05, 4.69) is 11.8 Å². The summed E-state index contributed by atoms with van der Waals surface area (Å²) in [5.41, 5.74) is 0.625. The second kappa shape index (κ2) is 8.53. The van der Waals surface area contributed by atoms with Gasteiger partial charge in [0.25, 0.3) is 0 Å². The molecule has 29 heavy (non-hydrogen) atoms. The highest BCUT2D eigenvalue weighted by molar-refractivity contribution is 7.89. The number of nitrogens with zero attached hydrogens (tertiary/aromatic N) is 3. The number of carbonyl (C=O) groups excluding carboxylic acids is 1. The zero-order valence-corrected chi connectivity index (χ0v) is 19.4. The van der Waals surface area contributed by atoms with Crippen LogP contribution in [0.1, 0.15) is 39.2 Å². The molecule has 0 saturated carbocycles. The zero-order valence-electron chi connectivity index (χ0n) is 17.8. The van der Waals surface area contributed by atoms with Crippen LogP contribution in [0.2, 0.25) is 5.02 Å². The topological polar surface area (TPSA) is 60.9 Å². The van der Waals surface area contributed by atoms with Crippen LogP contribution in [0, 0.1) is 12.8 Å². The Bertz CT molecular complexity index is 866. The lowest BCUT2D eigenvalue weighted by molar-refractivity contribution is -0.134. The second-order valence-electron chi connectivity index (χ2n) is 8.54. The van der Waals surface area contributed by atoms with Crippen molar-refractivity contribution in [3.05, 3.63) is 28.8 Å². The highest BCUT2D eigenvalue weighted by Gasteiger charge is 2.45. The summed E-state index contributed by atoms with van der Waals surface area (Å²) < 4.78 is 27.8. The molecule has 2 aliphatic heterocycles. The molecule has 162 valence electrons. The Balaban J connectivity index is 1.70. The Hall–Kier alpha value is -1.15. The zero-order chi connectivity index (χ0) is 21.4. The van der Waals surface area contributed by atoms with Gasteiger partial charge in [0, 0.05) is 55.7 Å². The first kappa shape index (κ1) is 22.5. The van der Waals surface area contributed by atoms with Gasteiger partial charge in [-0.3, -0.25) is 9.69 Å². The maximum atomic E-state index is 13.1. The third-order valence-electron chi connectivity index (χ3n) is 6.46. The monoisotopic (exact) mass is 441 g/mol. The number of carbonyl (C=O) groups is 1. The Morgan fingerprint density at radius 3 is 2.38 bits per heavy atom. The molecular weight excluding hydrogens is 410 g/mol. The van der Waals surface area contributed by atoms with Gasteiger partial charge in [-0.2, -0.15) is 4.31 Å². The van der Waals surface area contributed by atoms with Crippen LogP contribution in [0.15, 0.2) is 23.1 Å². The third kappa shape index (κ3) is 4.33. The average Bonchev–Trinajstić information content (AvgIpc) is 3.13. The van der Waals surface area contributed by atoms with Crippen molar-refractivity contribution in [3.63, 3.8) is 0 Å². The first-order valence-electron chi connectivity index (χ1n) is 10.4. The molecule has 1 aromatic carbocycles. The Morgan fingerprint density at radius 1 is 1.17 bits per heavy atom. The van der Waals surface area contributed by atoms with E-state index in [1.807, 2.05) is 18.7 Å². The fraction of sp³-hybridized carbons (Fsp3) is 0.667. The number of hydrogen-bond donors (Lipinski definition) is 0. The molecule has 0 aromatic heterocycles. The van der Waals surface area contributed by atoms with E-state index in [-0.39, 0.29) is 17.4 Å². The van der Waals surface area contributed by atoms with Gasteiger partial charge in [-0.1, -0.05) is 32.4 Å². The van der Waals surface area contributed by atoms with E-state index in [9.17, 15) is 13.2 Å². The number of likely N-dealkylation sites (tertiary alicyclic amines) is 1. The van der Waals surface area contributed by atoms with Gasteiger partial charge in [0.1, 0.15) is 0 Å². The van der Waals surface area contributed by atoms with E-state index < -0.39 is 10.0 Å². The first-order valence-corrected chi connectivity index (χ1v) is 12.2. The van der Waals surface area contributed by atoms with Crippen molar-refractivity contribution in [1.29, 1.82) is 0 Å². The SMILES string of the molecule is CC[C@]1(N2CCN(S(=O)(=O)c3ccc(Cl)cc3C)CC2)CCN(C(=O)C(C)C)C1. The minimum atomic E-state index is -3.53. The Labute approximate surface area is 179 Å². The fourth-order valence-corrected chi connectivity index (χ4v) is 6.48. The van der Waals surface area contributed by atoms with Crippen LogP contribution in [0.3, 0.4) is 0 Å². The van der Waals surface area contributed by atoms with Crippen molar-refractivity contribution < 1.29 is 13.2 Å². The molecule has 0 unspecified atom stereocenters. The molecule has 1 atom stereocenters. The van der Waals surface area contributed by atoms with Crippen LogP contribution in [-0.2, 0) is 14.8 Å². The molecule has 2 saturated heterocycles. The standard InChI is InChI=1S/C21H32ClN3O3S/c1-5-21(8-9-23(15-21)20(26)16(2)3)24-10-12-25(13-11-24)29(27,28)19-7-6-18(22)14-17(19)4/h6-7,14,16H,5,8-13,15H2,1-4H3/t21-/m0/s1. The molecule has 0 N–H and O–H groups in total. The van der Waals surface area contributed by atoms with E-state index in [1.54, 1.807) is 29.4 Å². The molecule has 0 bridgehead atoms. The molecule has 0 aliphatic carbocycles. The maximum absolute atomic E-state index is 13.1. The molecule has 1 aromatic rings. The van der Waals surface area contributed by atoms with Gasteiger partial charge in [0.15, 0.2) is 0 Å². The van der Waals surface area contributed by atoms with Crippen LogP contribution >= 0.6 is 11.6 Å². The number of amides is 1. The summed E-state index contributed by atoms with van der Waals surface area (Å²) in [5, 5.41) is 0.540. The normalized spacial score (nSPS) is 24.4. The van der Waals surface area contributed by atoms with E-state index in [0.29, 0.717) is 41.7 Å². The summed E-state index contributed by atoms with van der Waals surface area (Å²) >= 11 is 5.99. The van der Waals surface area contributed by atoms with Gasteiger partial charge < -0.3 is 4.90 Å². The lowest BCUT2D eigenvalue weighted by Gasteiger charge is -2.45. The lowest BCUT2D eigenvalue weighted by atomic mass is 9.92. The fourth-order valence-electron chi connectivity index (χ4n) is 4.62. The van der Waals surface area contributed by atoms with Gasteiger partial charge in [0.05, 0.1) is 4.90 Å². The smallest absolute Gasteiger partial charge is 0.243 e. The van der Waals surface area contributed by atoms with Crippen molar-refractivity contribution >= 4 is 27.5 Å². The number of benzene rings is 1. The molecule has 8 heteroatoms. The van der Waals surface area contributed by atoms with E-state index in [1.165, 1.54) is 0 Å². The first-order chi connectivity index (χ1) is 13.6. The van der Waals surface area contributed by atoms with Crippen LogP contribution in [0.5, 0.6) is 0 Å². The number of halogens is 1. The number of sulfonamides is 1. The van der Waals surface area contributed by atoms with Crippen LogP contribution in [-0.4, -0.2) is 73.2 Å². The lowest BCUT2D eigenvalue weighted by Crippen LogP contribution is -2.59. The largest absolute Gasteiger partial charge is 0.341 e. The maximum Gasteiger partial charge on any atom is 0.243 e. The summed E-state index contributed by atoms with van der Waals surface area (Å²) in [6.45, 7) is 11.6. The number of rotatable bonds is 5. The van der Waals surface area contributed by atoms with Gasteiger partial charge in [0.2, 0.25) is 15.9 Å². The Morgan fingerprint density at radius 2 is 1.83 bits per heavy atom. The molecule has 1 amide bonds. The minimum Gasteiger partial charge on any atom is -0.341 e. The van der Waals surface area contributed by atoms with Crippen LogP contribution in [0.4, 0.5) is 0 Å². The van der Waals surface area contributed by atoms with Crippen molar-refractivity contribution in [3.8, 4) is 0 Å². The average molecular weight is 442 g/mol. The molecule has 6 nitrogen and oxygen atoms in total. The number of hydrogen-bond acceptors (Lipinski definition) is 4. The van der Waals surface area contributed by atoms with Crippen molar-refractivity contribution in [2.24, 2.45) is 5.92 Å². The molecule has 2 fully saturated rings. The van der Waals surface area contributed by atoms with E-state index in [0.717, 1.165) is 25.9 Å². The molecule has 3 rings (SSSR count). The summed E-state index contributed by atoms with van der Waals surface area (Å²) in [4.78, 5) is 17.2. The van der Waals surface area contributed by atoms with Crippen molar-refractivity contribution in [2.75, 3.05) is 39.3 Å². The van der Waals surface area contributed by atoms with Gasteiger partial charge >= 0.3 is 0 Å². The summed E-state index contributed by atoms with van der Waals surface area (Å²) in [7, 11) is -3.53. The Kier molecular flexibility index (Phi) is 6.63. The third-order valence-corrected chi connectivity index (χ3v) is 8.75. The summed E-state index contributed by atoms with van der Waals surface area (Å²) in [6, 6.07) is 4.91. The summed E-state index contributed by atoms with van der Waals surface area (Å²) in [6.07, 6.45) is 1.91. The second-order valence-corrected chi connectivity index (χ2v) is 10.9.